The summed E-state index contributed by atoms with van der Waals surface area (Å²) in [4.78, 5) is 29.1. The average Bonchev–Trinajstić information content (AvgIpc) is 2.69. The van der Waals surface area contributed by atoms with Gasteiger partial charge in [0.1, 0.15) is 0 Å². The zero-order valence-corrected chi connectivity index (χ0v) is 15.9. The molecule has 2 aromatic carbocycles. The average molecular weight is 382 g/mol. The summed E-state index contributed by atoms with van der Waals surface area (Å²) < 4.78 is 13.6. The van der Waals surface area contributed by atoms with Gasteiger partial charge in [-0.25, -0.2) is 4.39 Å². The highest BCUT2D eigenvalue weighted by molar-refractivity contribution is 5.97. The molecule has 3 aliphatic heterocycles. The molecule has 28 heavy (non-hydrogen) atoms. The molecular formula is C22H23FN2O3. The monoisotopic (exact) mass is 382 g/mol. The highest BCUT2D eigenvalue weighted by atomic mass is 19.1. The fraction of sp³-hybridized carbons (Fsp3) is 0.364. The molecule has 0 aliphatic carbocycles. The Kier molecular flexibility index (Phi) is 4.57. The molecule has 5 nitrogen and oxygen atoms in total. The second-order valence-electron chi connectivity index (χ2n) is 7.91. The number of piperazine rings is 1. The molecule has 3 fully saturated rings. The predicted molar refractivity (Wildman–Crippen MR) is 103 cm³/mol. The largest absolute Gasteiger partial charge is 0.505 e. The van der Waals surface area contributed by atoms with E-state index in [1.807, 2.05) is 29.2 Å². The molecule has 2 bridgehead atoms. The Balaban J connectivity index is 1.44. The van der Waals surface area contributed by atoms with Crippen molar-refractivity contribution >= 4 is 11.8 Å². The van der Waals surface area contributed by atoms with Crippen molar-refractivity contribution in [3.63, 3.8) is 0 Å². The SMILES string of the molecule is CC(C)c1ccc(C(=O)N2C3CC2CN(C(=O)c2ccc(O)c(F)c2)C3)cc1. The van der Waals surface area contributed by atoms with E-state index in [-0.39, 0.29) is 29.5 Å². The van der Waals surface area contributed by atoms with Gasteiger partial charge in [-0.1, -0.05) is 26.0 Å². The smallest absolute Gasteiger partial charge is 0.254 e. The second kappa shape index (κ2) is 6.93. The van der Waals surface area contributed by atoms with Gasteiger partial charge in [0, 0.05) is 24.2 Å². The summed E-state index contributed by atoms with van der Waals surface area (Å²) in [6, 6.07) is 11.3. The summed E-state index contributed by atoms with van der Waals surface area (Å²) in [5.41, 5.74) is 2.07. The van der Waals surface area contributed by atoms with Crippen LogP contribution in [0.1, 0.15) is 52.5 Å². The van der Waals surface area contributed by atoms with E-state index < -0.39 is 11.6 Å². The van der Waals surface area contributed by atoms with E-state index in [4.69, 9.17) is 0 Å². The number of carbonyl (C=O) groups is 2. The van der Waals surface area contributed by atoms with Crippen LogP contribution in [0.25, 0.3) is 0 Å². The highest BCUT2D eigenvalue weighted by Crippen LogP contribution is 2.34. The molecular weight excluding hydrogens is 359 g/mol. The van der Waals surface area contributed by atoms with E-state index in [2.05, 4.69) is 13.8 Å². The lowest BCUT2D eigenvalue weighted by Gasteiger charge is -2.56. The van der Waals surface area contributed by atoms with Crippen LogP contribution >= 0.6 is 0 Å². The molecule has 6 heteroatoms. The standard InChI is InChI=1S/C22H23FN2O3/c1-13(2)14-3-5-15(6-4-14)22(28)25-17-10-18(25)12-24(11-17)21(27)16-7-8-20(26)19(23)9-16/h3-9,13,17-18,26H,10-12H2,1-2H3. The van der Waals surface area contributed by atoms with E-state index in [0.29, 0.717) is 24.6 Å². The van der Waals surface area contributed by atoms with Gasteiger partial charge in [0.25, 0.3) is 11.8 Å². The first kappa shape index (κ1) is 18.5. The number of phenols is 1. The Morgan fingerprint density at radius 1 is 1.00 bits per heavy atom. The van der Waals surface area contributed by atoms with Crippen molar-refractivity contribution < 1.29 is 19.1 Å². The van der Waals surface area contributed by atoms with Crippen molar-refractivity contribution in [1.29, 1.82) is 0 Å². The Hall–Kier alpha value is -2.89. The van der Waals surface area contributed by atoms with Crippen LogP contribution in [0.15, 0.2) is 42.5 Å². The molecule has 3 heterocycles. The Labute approximate surface area is 163 Å². The van der Waals surface area contributed by atoms with Gasteiger partial charge in [-0.2, -0.15) is 0 Å². The Morgan fingerprint density at radius 2 is 1.61 bits per heavy atom. The molecule has 0 saturated carbocycles. The van der Waals surface area contributed by atoms with Crippen molar-refractivity contribution in [2.45, 2.75) is 38.3 Å². The molecule has 2 aromatic rings. The van der Waals surface area contributed by atoms with E-state index in [9.17, 15) is 19.1 Å². The number of hydrogen-bond donors (Lipinski definition) is 1. The number of aromatic hydroxyl groups is 1. The number of amides is 2. The van der Waals surface area contributed by atoms with Gasteiger partial charge in [-0.15, -0.1) is 0 Å². The second-order valence-corrected chi connectivity index (χ2v) is 7.91. The zero-order chi connectivity index (χ0) is 20.0. The Morgan fingerprint density at radius 3 is 2.18 bits per heavy atom. The van der Waals surface area contributed by atoms with Crippen LogP contribution in [0, 0.1) is 5.82 Å². The van der Waals surface area contributed by atoms with Crippen LogP contribution in [0.2, 0.25) is 0 Å². The molecule has 0 spiro atoms. The minimum Gasteiger partial charge on any atom is -0.505 e. The maximum absolute atomic E-state index is 13.6. The van der Waals surface area contributed by atoms with Crippen LogP contribution in [0.4, 0.5) is 4.39 Å². The first-order valence-electron chi connectivity index (χ1n) is 9.55. The molecule has 146 valence electrons. The van der Waals surface area contributed by atoms with Crippen molar-refractivity contribution in [2.75, 3.05) is 13.1 Å². The number of halogens is 1. The van der Waals surface area contributed by atoms with Crippen LogP contribution in [-0.2, 0) is 0 Å². The molecule has 2 unspecified atom stereocenters. The topological polar surface area (TPSA) is 60.9 Å². The van der Waals surface area contributed by atoms with E-state index in [1.165, 1.54) is 17.7 Å². The Bertz CT molecular complexity index is 914. The zero-order valence-electron chi connectivity index (χ0n) is 15.9. The number of piperidine rings is 1. The fourth-order valence-electron chi connectivity index (χ4n) is 4.09. The molecule has 0 radical (unpaired) electrons. The summed E-state index contributed by atoms with van der Waals surface area (Å²) in [6.45, 7) is 5.10. The van der Waals surface area contributed by atoms with Gasteiger partial charge in [-0.3, -0.25) is 9.59 Å². The van der Waals surface area contributed by atoms with Crippen LogP contribution < -0.4 is 0 Å². The molecule has 1 N–H and O–H groups in total. The maximum atomic E-state index is 13.6. The third-order valence-electron chi connectivity index (χ3n) is 5.73. The summed E-state index contributed by atoms with van der Waals surface area (Å²) in [5.74, 6) is -1.15. The van der Waals surface area contributed by atoms with Crippen molar-refractivity contribution in [3.05, 3.63) is 65.0 Å². The van der Waals surface area contributed by atoms with Gasteiger partial charge in [0.2, 0.25) is 0 Å². The molecule has 3 aliphatic rings. The summed E-state index contributed by atoms with van der Waals surface area (Å²) in [5, 5.41) is 9.29. The fourth-order valence-corrected chi connectivity index (χ4v) is 4.09. The lowest BCUT2D eigenvalue weighted by Crippen LogP contribution is -2.70. The first-order chi connectivity index (χ1) is 13.3. The number of fused-ring (bicyclic) bond motifs is 2. The van der Waals surface area contributed by atoms with Gasteiger partial charge in [0.15, 0.2) is 11.6 Å². The minimum absolute atomic E-state index is 0.000618. The maximum Gasteiger partial charge on any atom is 0.254 e. The number of hydrogen-bond acceptors (Lipinski definition) is 3. The van der Waals surface area contributed by atoms with Crippen molar-refractivity contribution in [1.82, 2.24) is 9.80 Å². The van der Waals surface area contributed by atoms with Crippen molar-refractivity contribution in [3.8, 4) is 5.75 Å². The quantitative estimate of drug-likeness (QED) is 0.885. The lowest BCUT2D eigenvalue weighted by molar-refractivity contribution is -0.0397. The number of phenolic OH excluding ortho intramolecular Hbond substituents is 1. The number of rotatable bonds is 3. The third kappa shape index (κ3) is 3.13. The highest BCUT2D eigenvalue weighted by Gasteiger charge is 2.48. The molecule has 2 amide bonds. The first-order valence-corrected chi connectivity index (χ1v) is 9.55. The minimum atomic E-state index is -0.810. The normalized spacial score (nSPS) is 20.9. The summed E-state index contributed by atoms with van der Waals surface area (Å²) in [6.07, 6.45) is 0.879. The summed E-state index contributed by atoms with van der Waals surface area (Å²) in [7, 11) is 0. The van der Waals surface area contributed by atoms with Gasteiger partial charge in [0.05, 0.1) is 12.1 Å². The van der Waals surface area contributed by atoms with Crippen LogP contribution in [0.5, 0.6) is 5.75 Å². The van der Waals surface area contributed by atoms with Crippen molar-refractivity contribution in [2.24, 2.45) is 0 Å². The van der Waals surface area contributed by atoms with E-state index >= 15 is 0 Å². The molecule has 2 atom stereocenters. The predicted octanol–water partition coefficient (Wildman–Crippen LogP) is 3.39. The number of nitrogens with zero attached hydrogens (tertiary/aromatic N) is 2. The summed E-state index contributed by atoms with van der Waals surface area (Å²) >= 11 is 0. The van der Waals surface area contributed by atoms with E-state index in [1.54, 1.807) is 4.90 Å². The van der Waals surface area contributed by atoms with Gasteiger partial charge in [-0.05, 0) is 48.2 Å². The third-order valence-corrected chi connectivity index (χ3v) is 5.73. The van der Waals surface area contributed by atoms with Crippen LogP contribution in [-0.4, -0.2) is 51.9 Å². The molecule has 3 saturated heterocycles. The number of carbonyl (C=O) groups excluding carboxylic acids is 2. The van der Waals surface area contributed by atoms with Crippen LogP contribution in [0.3, 0.4) is 0 Å². The number of benzene rings is 2. The van der Waals surface area contributed by atoms with Gasteiger partial charge < -0.3 is 14.9 Å². The lowest BCUT2D eigenvalue weighted by atomic mass is 9.86. The van der Waals surface area contributed by atoms with E-state index in [0.717, 1.165) is 12.5 Å². The van der Waals surface area contributed by atoms with Gasteiger partial charge >= 0.3 is 0 Å². The molecule has 5 rings (SSSR count). The molecule has 0 aromatic heterocycles.